The summed E-state index contributed by atoms with van der Waals surface area (Å²) in [7, 11) is 0. The van der Waals surface area contributed by atoms with Gasteiger partial charge in [-0.3, -0.25) is 0 Å². The minimum Gasteiger partial charge on any atom is -0.508 e. The highest BCUT2D eigenvalue weighted by Gasteiger charge is 2.19. The van der Waals surface area contributed by atoms with Gasteiger partial charge in [-0.15, -0.1) is 23.5 Å². The quantitative estimate of drug-likeness (QED) is 0.566. The van der Waals surface area contributed by atoms with Crippen LogP contribution in [-0.4, -0.2) is 16.6 Å². The van der Waals surface area contributed by atoms with E-state index in [0.29, 0.717) is 4.58 Å². The molecular weight excluding hydrogens is 264 g/mol. The van der Waals surface area contributed by atoms with Crippen molar-refractivity contribution >= 4 is 48.8 Å². The van der Waals surface area contributed by atoms with Crippen LogP contribution in [0.1, 0.15) is 20.3 Å². The molecule has 0 radical (unpaired) electrons. The summed E-state index contributed by atoms with van der Waals surface area (Å²) in [6.45, 7) is 0. The first-order valence-electron chi connectivity index (χ1n) is 4.60. The van der Waals surface area contributed by atoms with Crippen LogP contribution in [0.4, 0.5) is 0 Å². The number of phenols is 1. The Kier molecular flexibility index (Phi) is 4.10. The van der Waals surface area contributed by atoms with Crippen LogP contribution in [0.2, 0.25) is 0 Å². The first kappa shape index (κ1) is 11.9. The lowest BCUT2D eigenvalue weighted by Gasteiger charge is -2.13. The molecular formula is C10H12OS4. The van der Waals surface area contributed by atoms with Crippen LogP contribution in [0.25, 0.3) is 0 Å². The Balaban J connectivity index is 2.29. The Morgan fingerprint density at radius 1 is 1.27 bits per heavy atom. The van der Waals surface area contributed by atoms with Crippen LogP contribution in [0.15, 0.2) is 18.2 Å². The Morgan fingerprint density at radius 3 is 2.53 bits per heavy atom. The van der Waals surface area contributed by atoms with Gasteiger partial charge in [-0.25, -0.2) is 0 Å². The molecule has 1 aliphatic rings. The molecule has 1 nitrogen and oxygen atoms in total. The van der Waals surface area contributed by atoms with Gasteiger partial charge in [0, 0.05) is 17.1 Å². The summed E-state index contributed by atoms with van der Waals surface area (Å²) in [4.78, 5) is 0. The summed E-state index contributed by atoms with van der Waals surface area (Å²) < 4.78 is 0.283. The summed E-state index contributed by atoms with van der Waals surface area (Å²) in [6.07, 6.45) is 0. The molecule has 82 valence electrons. The molecule has 0 unspecified atom stereocenters. The second kappa shape index (κ2) is 5.17. The first-order chi connectivity index (χ1) is 7.18. The van der Waals surface area contributed by atoms with E-state index < -0.39 is 0 Å². The lowest BCUT2D eigenvalue weighted by atomic mass is 10.1. The molecule has 1 saturated heterocycles. The van der Waals surface area contributed by atoms with Gasteiger partial charge >= 0.3 is 0 Å². The van der Waals surface area contributed by atoms with E-state index in [9.17, 15) is 5.11 Å². The molecule has 0 amide bonds. The summed E-state index contributed by atoms with van der Waals surface area (Å²) in [6, 6.07) is 5.73. The van der Waals surface area contributed by atoms with Gasteiger partial charge in [-0.1, -0.05) is 6.07 Å². The number of benzene rings is 1. The molecule has 2 rings (SSSR count). The Bertz CT molecular complexity index is 347. The van der Waals surface area contributed by atoms with E-state index in [1.54, 1.807) is 6.07 Å². The van der Waals surface area contributed by atoms with Gasteiger partial charge in [0.25, 0.3) is 0 Å². The Hall–Kier alpha value is 0.420. The van der Waals surface area contributed by atoms with Crippen molar-refractivity contribution in [3.8, 4) is 5.75 Å². The van der Waals surface area contributed by atoms with E-state index in [4.69, 9.17) is 0 Å². The Morgan fingerprint density at radius 2 is 1.93 bits per heavy atom. The van der Waals surface area contributed by atoms with Crippen LogP contribution < -0.4 is 0 Å². The van der Waals surface area contributed by atoms with E-state index in [1.165, 1.54) is 17.1 Å². The van der Waals surface area contributed by atoms with E-state index in [-0.39, 0.29) is 10.3 Å². The van der Waals surface area contributed by atoms with Crippen molar-refractivity contribution in [3.05, 3.63) is 29.3 Å². The third-order valence-electron chi connectivity index (χ3n) is 2.22. The van der Waals surface area contributed by atoms with E-state index >= 15 is 0 Å². The highest BCUT2D eigenvalue weighted by Crippen LogP contribution is 2.46. The predicted molar refractivity (Wildman–Crippen MR) is 76.5 cm³/mol. The van der Waals surface area contributed by atoms with Crippen molar-refractivity contribution in [1.29, 1.82) is 0 Å². The largest absolute Gasteiger partial charge is 0.508 e. The maximum Gasteiger partial charge on any atom is 0.120 e. The molecule has 1 fully saturated rings. The van der Waals surface area contributed by atoms with Crippen LogP contribution in [0.3, 0.4) is 0 Å². The fourth-order valence-corrected chi connectivity index (χ4v) is 4.73. The maximum absolute atomic E-state index is 9.64. The average Bonchev–Trinajstić information content (AvgIpc) is 2.71. The predicted octanol–water partition coefficient (Wildman–Crippen LogP) is 3.73. The van der Waals surface area contributed by atoms with Crippen LogP contribution in [0, 0.1) is 0 Å². The van der Waals surface area contributed by atoms with Gasteiger partial charge in [0.05, 0.1) is 9.16 Å². The zero-order valence-corrected chi connectivity index (χ0v) is 11.4. The molecule has 1 heterocycles. The lowest BCUT2D eigenvalue weighted by molar-refractivity contribution is 0.470. The van der Waals surface area contributed by atoms with E-state index in [0.717, 1.165) is 5.56 Å². The normalized spacial score (nSPS) is 17.5. The highest BCUT2D eigenvalue weighted by molar-refractivity contribution is 8.19. The maximum atomic E-state index is 9.64. The van der Waals surface area contributed by atoms with Gasteiger partial charge in [-0.2, -0.15) is 25.3 Å². The summed E-state index contributed by atoms with van der Waals surface area (Å²) in [5.74, 6) is 2.69. The molecule has 1 N–H and O–H groups in total. The third kappa shape index (κ3) is 2.75. The molecule has 1 aromatic carbocycles. The van der Waals surface area contributed by atoms with Crippen molar-refractivity contribution in [3.63, 3.8) is 0 Å². The topological polar surface area (TPSA) is 20.2 Å². The van der Waals surface area contributed by atoms with Gasteiger partial charge in [0.2, 0.25) is 0 Å². The number of rotatable bonds is 2. The summed E-state index contributed by atoms with van der Waals surface area (Å²) in [5.41, 5.74) is 2.05. The number of aromatic hydroxyl groups is 1. The third-order valence-corrected chi connectivity index (χ3v) is 5.88. The molecule has 0 aliphatic carbocycles. The second-order valence-electron chi connectivity index (χ2n) is 3.27. The van der Waals surface area contributed by atoms with Crippen molar-refractivity contribution in [2.75, 3.05) is 11.5 Å². The zero-order chi connectivity index (χ0) is 10.8. The SMILES string of the molecule is Oc1ccc(C2SCCS2)cc1C(S)S. The van der Waals surface area contributed by atoms with E-state index in [2.05, 4.69) is 25.3 Å². The highest BCUT2D eigenvalue weighted by atomic mass is 32.2. The second-order valence-corrected chi connectivity index (χ2v) is 7.43. The number of thioether (sulfide) groups is 2. The van der Waals surface area contributed by atoms with Crippen molar-refractivity contribution < 1.29 is 5.11 Å². The van der Waals surface area contributed by atoms with Gasteiger partial charge in [0.1, 0.15) is 5.75 Å². The molecule has 0 aromatic heterocycles. The van der Waals surface area contributed by atoms with E-state index in [1.807, 2.05) is 35.7 Å². The average molecular weight is 276 g/mol. The zero-order valence-electron chi connectivity index (χ0n) is 7.96. The number of thiol groups is 2. The summed E-state index contributed by atoms with van der Waals surface area (Å²) in [5, 5.41) is 9.64. The van der Waals surface area contributed by atoms with Gasteiger partial charge in [0.15, 0.2) is 0 Å². The number of hydrogen-bond donors (Lipinski definition) is 3. The molecule has 0 atom stereocenters. The Labute approximate surface area is 109 Å². The standard InChI is InChI=1S/C10H12OS4/c11-8-2-1-6(5-7(8)9(12)13)10-14-3-4-15-10/h1-2,5,9-13H,3-4H2. The summed E-state index contributed by atoms with van der Waals surface area (Å²) >= 11 is 12.4. The monoisotopic (exact) mass is 276 g/mol. The smallest absolute Gasteiger partial charge is 0.120 e. The molecule has 5 heteroatoms. The molecule has 1 aliphatic heterocycles. The molecule has 15 heavy (non-hydrogen) atoms. The van der Waals surface area contributed by atoms with Crippen molar-refractivity contribution in [1.82, 2.24) is 0 Å². The van der Waals surface area contributed by atoms with Crippen molar-refractivity contribution in [2.45, 2.75) is 9.16 Å². The molecule has 0 spiro atoms. The van der Waals surface area contributed by atoms with Crippen LogP contribution in [0.5, 0.6) is 5.75 Å². The number of phenolic OH excluding ortho intramolecular Hbond substituents is 1. The number of hydrogen-bond acceptors (Lipinski definition) is 5. The first-order valence-corrected chi connectivity index (χ1v) is 7.73. The van der Waals surface area contributed by atoms with Crippen molar-refractivity contribution in [2.24, 2.45) is 0 Å². The van der Waals surface area contributed by atoms with Gasteiger partial charge in [-0.05, 0) is 17.7 Å². The fourth-order valence-electron chi connectivity index (χ4n) is 1.48. The lowest BCUT2D eigenvalue weighted by Crippen LogP contribution is -1.90. The van der Waals surface area contributed by atoms with Crippen LogP contribution in [-0.2, 0) is 0 Å². The van der Waals surface area contributed by atoms with Gasteiger partial charge < -0.3 is 5.11 Å². The minimum absolute atomic E-state index is 0.221. The molecule has 0 saturated carbocycles. The minimum atomic E-state index is -0.221. The molecule has 0 bridgehead atoms. The fraction of sp³-hybridized carbons (Fsp3) is 0.400. The van der Waals surface area contributed by atoms with Crippen LogP contribution >= 0.6 is 48.8 Å². The molecule has 1 aromatic rings.